The molecular formula is C23H29N5O. The Hall–Kier alpha value is -3.41. The molecule has 152 valence electrons. The predicted octanol–water partition coefficient (Wildman–Crippen LogP) is 4.99. The minimum atomic E-state index is 0.710. The number of aryl methyl sites for hydroxylation is 1. The van der Waals surface area contributed by atoms with Crippen LogP contribution in [0.1, 0.15) is 37.7 Å². The molecule has 0 radical (unpaired) electrons. The summed E-state index contributed by atoms with van der Waals surface area (Å²) in [6.45, 7) is 15.9. The van der Waals surface area contributed by atoms with Crippen molar-refractivity contribution >= 4 is 23.2 Å². The van der Waals surface area contributed by atoms with Gasteiger partial charge in [0.25, 0.3) is 0 Å². The number of nitrogens with one attached hydrogen (secondary N) is 1. The molecule has 0 atom stereocenters. The van der Waals surface area contributed by atoms with Crippen LogP contribution in [0.15, 0.2) is 70.1 Å². The smallest absolute Gasteiger partial charge is 0.131 e. The topological polar surface area (TPSA) is 66.5 Å². The van der Waals surface area contributed by atoms with Crippen molar-refractivity contribution in [2.45, 2.75) is 27.7 Å². The monoisotopic (exact) mass is 391 g/mol. The zero-order chi connectivity index (χ0) is 21.6. The molecule has 2 rings (SSSR count). The zero-order valence-corrected chi connectivity index (χ0v) is 18.1. The Balaban J connectivity index is 2.03. The van der Waals surface area contributed by atoms with Crippen LogP contribution in [0.4, 0.5) is 5.69 Å². The summed E-state index contributed by atoms with van der Waals surface area (Å²) in [6, 6.07) is 8.18. The average Bonchev–Trinajstić information content (AvgIpc) is 3.05. The molecular weight excluding hydrogens is 362 g/mol. The van der Waals surface area contributed by atoms with E-state index in [1.165, 1.54) is 0 Å². The summed E-state index contributed by atoms with van der Waals surface area (Å²) in [4.78, 5) is 6.69. The Morgan fingerprint density at radius 2 is 1.76 bits per heavy atom. The van der Waals surface area contributed by atoms with E-state index in [1.54, 1.807) is 0 Å². The first-order valence-corrected chi connectivity index (χ1v) is 9.31. The van der Waals surface area contributed by atoms with E-state index in [0.29, 0.717) is 5.69 Å². The van der Waals surface area contributed by atoms with Gasteiger partial charge in [-0.2, -0.15) is 0 Å². The average molecular weight is 392 g/mol. The van der Waals surface area contributed by atoms with E-state index >= 15 is 0 Å². The van der Waals surface area contributed by atoms with Crippen LogP contribution in [-0.4, -0.2) is 30.1 Å². The fourth-order valence-electron chi connectivity index (χ4n) is 2.58. The zero-order valence-electron chi connectivity index (χ0n) is 18.1. The van der Waals surface area contributed by atoms with Gasteiger partial charge >= 0.3 is 0 Å². The van der Waals surface area contributed by atoms with Gasteiger partial charge in [-0.1, -0.05) is 35.6 Å². The third kappa shape index (κ3) is 6.31. The van der Waals surface area contributed by atoms with Crippen LogP contribution < -0.4 is 10.2 Å². The second-order valence-electron chi connectivity index (χ2n) is 7.12. The summed E-state index contributed by atoms with van der Waals surface area (Å²) in [5.74, 6) is 0. The lowest BCUT2D eigenvalue weighted by atomic mass is 10.1. The van der Waals surface area contributed by atoms with E-state index in [9.17, 15) is 0 Å². The molecule has 6 heteroatoms. The quantitative estimate of drug-likeness (QED) is 0.507. The first kappa shape index (κ1) is 21.9. The summed E-state index contributed by atoms with van der Waals surface area (Å²) < 4.78 is 4.72. The summed E-state index contributed by atoms with van der Waals surface area (Å²) >= 11 is 0. The van der Waals surface area contributed by atoms with Gasteiger partial charge < -0.3 is 10.2 Å². The largest absolute Gasteiger partial charge is 0.378 e. The maximum absolute atomic E-state index is 4.72. The molecule has 1 N–H and O–H groups in total. The highest BCUT2D eigenvalue weighted by Crippen LogP contribution is 2.17. The summed E-state index contributed by atoms with van der Waals surface area (Å²) in [7, 11) is 4.03. The number of hydrogen-bond donors (Lipinski definition) is 1. The summed E-state index contributed by atoms with van der Waals surface area (Å²) in [6.07, 6.45) is 3.79. The third-order valence-electron chi connectivity index (χ3n) is 4.38. The lowest BCUT2D eigenvalue weighted by Gasteiger charge is -2.14. The Bertz CT molecular complexity index is 975. The number of aromatic nitrogens is 2. The highest BCUT2D eigenvalue weighted by atomic mass is 16.6. The molecule has 0 fully saturated rings. The number of allylic oxidation sites excluding steroid dienone is 3. The molecule has 0 spiro atoms. The van der Waals surface area contributed by atoms with Crippen molar-refractivity contribution in [1.82, 2.24) is 15.6 Å². The van der Waals surface area contributed by atoms with Crippen molar-refractivity contribution < 1.29 is 4.63 Å². The van der Waals surface area contributed by atoms with Gasteiger partial charge in [0.15, 0.2) is 0 Å². The third-order valence-corrected chi connectivity index (χ3v) is 4.38. The molecule has 0 aliphatic rings. The van der Waals surface area contributed by atoms with Crippen molar-refractivity contribution in [2.75, 3.05) is 19.0 Å². The number of nitrogens with zero attached hydrogens (tertiary/aromatic N) is 4. The fraction of sp³-hybridized carbons (Fsp3) is 0.261. The molecule has 0 aliphatic heterocycles. The van der Waals surface area contributed by atoms with E-state index in [1.807, 2.05) is 66.1 Å². The molecule has 1 aromatic carbocycles. The van der Waals surface area contributed by atoms with Gasteiger partial charge in [0.1, 0.15) is 11.4 Å². The number of hydrogen-bond acceptors (Lipinski definition) is 6. The van der Waals surface area contributed by atoms with Crippen molar-refractivity contribution in [3.8, 4) is 0 Å². The van der Waals surface area contributed by atoms with E-state index in [2.05, 4.69) is 50.8 Å². The molecule has 0 saturated heterocycles. The van der Waals surface area contributed by atoms with Gasteiger partial charge in [0.2, 0.25) is 0 Å². The first-order chi connectivity index (χ1) is 13.7. The molecule has 29 heavy (non-hydrogen) atoms. The predicted molar refractivity (Wildman–Crippen MR) is 122 cm³/mol. The molecule has 0 unspecified atom stereocenters. The minimum Gasteiger partial charge on any atom is -0.378 e. The van der Waals surface area contributed by atoms with Gasteiger partial charge in [-0.15, -0.1) is 0 Å². The van der Waals surface area contributed by atoms with Crippen LogP contribution >= 0.6 is 0 Å². The van der Waals surface area contributed by atoms with Crippen molar-refractivity contribution in [3.63, 3.8) is 0 Å². The highest BCUT2D eigenvalue weighted by Gasteiger charge is 2.05. The molecule has 0 aliphatic carbocycles. The number of aliphatic imine (C=N–C) groups is 1. The van der Waals surface area contributed by atoms with Crippen LogP contribution in [0, 0.1) is 6.92 Å². The van der Waals surface area contributed by atoms with Crippen LogP contribution in [0.3, 0.4) is 0 Å². The maximum Gasteiger partial charge on any atom is 0.131 e. The van der Waals surface area contributed by atoms with Gasteiger partial charge in [-0.05, 0) is 63.1 Å². The van der Waals surface area contributed by atoms with Gasteiger partial charge in [0, 0.05) is 42.6 Å². The SMILES string of the molecule is C=C(/C=C(C)/N=C(C)/C(C)=C/c1nonc1C)NC(=C)c1ccc(N(C)C)cc1. The van der Waals surface area contributed by atoms with E-state index in [0.717, 1.165) is 45.3 Å². The second kappa shape index (κ2) is 9.68. The maximum atomic E-state index is 4.72. The first-order valence-electron chi connectivity index (χ1n) is 9.31. The van der Waals surface area contributed by atoms with E-state index in [-0.39, 0.29) is 0 Å². The lowest BCUT2D eigenvalue weighted by Crippen LogP contribution is -2.10. The van der Waals surface area contributed by atoms with E-state index < -0.39 is 0 Å². The van der Waals surface area contributed by atoms with Gasteiger partial charge in [-0.25, -0.2) is 4.63 Å². The Morgan fingerprint density at radius 1 is 1.10 bits per heavy atom. The molecule has 0 saturated carbocycles. The number of rotatable bonds is 8. The molecule has 1 heterocycles. The van der Waals surface area contributed by atoms with Crippen LogP contribution in [0.5, 0.6) is 0 Å². The molecule has 2 aromatic rings. The number of anilines is 1. The normalized spacial score (nSPS) is 12.7. The summed E-state index contributed by atoms with van der Waals surface area (Å²) in [5, 5.41) is 10.9. The van der Waals surface area contributed by atoms with Crippen molar-refractivity contribution in [3.05, 3.63) is 77.4 Å². The molecule has 0 amide bonds. The Labute approximate surface area is 173 Å². The fourth-order valence-corrected chi connectivity index (χ4v) is 2.58. The minimum absolute atomic E-state index is 0.710. The van der Waals surface area contributed by atoms with Crippen molar-refractivity contribution in [1.29, 1.82) is 0 Å². The Morgan fingerprint density at radius 3 is 2.31 bits per heavy atom. The molecule has 6 nitrogen and oxygen atoms in total. The molecule has 0 bridgehead atoms. The van der Waals surface area contributed by atoms with Crippen LogP contribution in [0.2, 0.25) is 0 Å². The highest BCUT2D eigenvalue weighted by molar-refractivity contribution is 6.01. The van der Waals surface area contributed by atoms with Crippen molar-refractivity contribution in [2.24, 2.45) is 4.99 Å². The van der Waals surface area contributed by atoms with E-state index in [4.69, 9.17) is 4.63 Å². The second-order valence-corrected chi connectivity index (χ2v) is 7.12. The summed E-state index contributed by atoms with van der Waals surface area (Å²) in [5.41, 5.74) is 7.82. The number of benzene rings is 1. The van der Waals surface area contributed by atoms with Crippen LogP contribution in [0.25, 0.3) is 11.8 Å². The molecule has 1 aromatic heterocycles. The van der Waals surface area contributed by atoms with Gasteiger partial charge in [0.05, 0.1) is 0 Å². The standard InChI is InChI=1S/C23H29N5O/c1-15(13-23-20(6)26-29-27-23)18(4)24-16(2)14-17(3)25-19(5)21-9-11-22(12-10-21)28(7)8/h9-14,25H,3,5H2,1-2,4,6-8H3/b15-13+,16-14+,24-18+. The van der Waals surface area contributed by atoms with Gasteiger partial charge in [-0.3, -0.25) is 4.99 Å². The Kier molecular flexibility index (Phi) is 7.31. The lowest BCUT2D eigenvalue weighted by molar-refractivity contribution is 0.304. The van der Waals surface area contributed by atoms with Crippen LogP contribution in [-0.2, 0) is 0 Å².